The lowest BCUT2D eigenvalue weighted by molar-refractivity contribution is -0.125. The molecule has 1 rings (SSSR count). The second-order valence-corrected chi connectivity index (χ2v) is 4.95. The quantitative estimate of drug-likeness (QED) is 0.815. The number of hydrogen-bond donors (Lipinski definition) is 2. The first-order chi connectivity index (χ1) is 8.92. The molecule has 0 bridgehead atoms. The van der Waals surface area contributed by atoms with Crippen LogP contribution in [0, 0.1) is 11.8 Å². The van der Waals surface area contributed by atoms with Crippen molar-refractivity contribution in [1.82, 2.24) is 0 Å². The molecule has 102 valence electrons. The van der Waals surface area contributed by atoms with Crippen molar-refractivity contribution in [1.29, 1.82) is 0 Å². The molecule has 0 heterocycles. The first kappa shape index (κ1) is 15.2. The molecule has 1 aromatic carbocycles. The molecule has 2 N–H and O–H groups in total. The number of benzene rings is 1. The molecule has 0 saturated heterocycles. The van der Waals surface area contributed by atoms with Crippen molar-refractivity contribution in [3.63, 3.8) is 0 Å². The lowest BCUT2D eigenvalue weighted by Crippen LogP contribution is -2.27. The van der Waals surface area contributed by atoms with Crippen molar-refractivity contribution >= 4 is 11.6 Å². The zero-order valence-electron chi connectivity index (χ0n) is 11.5. The van der Waals surface area contributed by atoms with Gasteiger partial charge in [0, 0.05) is 5.56 Å². The first-order valence-electron chi connectivity index (χ1n) is 6.05. The fourth-order valence-electron chi connectivity index (χ4n) is 1.30. The lowest BCUT2D eigenvalue weighted by Gasteiger charge is -2.19. The summed E-state index contributed by atoms with van der Waals surface area (Å²) in [5.74, 6) is 5.11. The highest BCUT2D eigenvalue weighted by Crippen LogP contribution is 2.14. The van der Waals surface area contributed by atoms with E-state index in [-0.39, 0.29) is 24.7 Å². The number of anilines is 1. The van der Waals surface area contributed by atoms with Gasteiger partial charge in [-0.25, -0.2) is 0 Å². The summed E-state index contributed by atoms with van der Waals surface area (Å²) < 4.78 is 5.40. The van der Waals surface area contributed by atoms with Gasteiger partial charge in [-0.3, -0.25) is 4.79 Å². The molecule has 0 aliphatic carbocycles. The lowest BCUT2D eigenvalue weighted by atomic mass is 10.2. The molecule has 0 atom stereocenters. The van der Waals surface area contributed by atoms with Gasteiger partial charge in [0.2, 0.25) is 5.91 Å². The minimum Gasteiger partial charge on any atom is -0.384 e. The Morgan fingerprint density at radius 1 is 1.37 bits per heavy atom. The standard InChI is InChI=1S/C15H19NO3/c1-15(2,3)19-11-14(18)16-13-9-5-4-7-12(13)8-6-10-17/h4-5,7,9,17H,10-11H2,1-3H3,(H,16,18). The van der Waals surface area contributed by atoms with E-state index in [0.717, 1.165) is 0 Å². The predicted molar refractivity (Wildman–Crippen MR) is 74.7 cm³/mol. The summed E-state index contributed by atoms with van der Waals surface area (Å²) in [5, 5.41) is 11.4. The molecule has 0 aromatic heterocycles. The Morgan fingerprint density at radius 3 is 2.68 bits per heavy atom. The summed E-state index contributed by atoms with van der Waals surface area (Å²) in [4.78, 5) is 11.8. The Bertz CT molecular complexity index is 492. The topological polar surface area (TPSA) is 58.6 Å². The summed E-state index contributed by atoms with van der Waals surface area (Å²) in [6.07, 6.45) is 0. The van der Waals surface area contributed by atoms with Crippen LogP contribution < -0.4 is 5.32 Å². The van der Waals surface area contributed by atoms with Crippen molar-refractivity contribution in [2.45, 2.75) is 26.4 Å². The van der Waals surface area contributed by atoms with E-state index < -0.39 is 0 Å². The molecule has 19 heavy (non-hydrogen) atoms. The molecule has 0 unspecified atom stereocenters. The molecular weight excluding hydrogens is 242 g/mol. The number of rotatable bonds is 3. The molecular formula is C15H19NO3. The summed E-state index contributed by atoms with van der Waals surface area (Å²) in [6.45, 7) is 5.45. The minimum absolute atomic E-state index is 0.00867. The fourth-order valence-corrected chi connectivity index (χ4v) is 1.30. The normalized spacial score (nSPS) is 10.5. The third-order valence-electron chi connectivity index (χ3n) is 2.14. The van der Waals surface area contributed by atoms with Crippen molar-refractivity contribution < 1.29 is 14.6 Å². The highest BCUT2D eigenvalue weighted by molar-refractivity contribution is 5.93. The second-order valence-electron chi connectivity index (χ2n) is 4.95. The Balaban J connectivity index is 2.69. The van der Waals surface area contributed by atoms with Crippen LogP contribution in [0.1, 0.15) is 26.3 Å². The van der Waals surface area contributed by atoms with Gasteiger partial charge in [0.25, 0.3) is 0 Å². The van der Waals surface area contributed by atoms with E-state index in [2.05, 4.69) is 17.2 Å². The van der Waals surface area contributed by atoms with Gasteiger partial charge >= 0.3 is 0 Å². The Hall–Kier alpha value is -1.83. The van der Waals surface area contributed by atoms with Gasteiger partial charge in [-0.15, -0.1) is 0 Å². The fraction of sp³-hybridized carbons (Fsp3) is 0.400. The maximum Gasteiger partial charge on any atom is 0.250 e. The molecule has 1 aromatic rings. The van der Waals surface area contributed by atoms with E-state index in [4.69, 9.17) is 9.84 Å². The zero-order valence-corrected chi connectivity index (χ0v) is 11.5. The molecule has 1 amide bonds. The van der Waals surface area contributed by atoms with Crippen LogP contribution in [0.25, 0.3) is 0 Å². The molecule has 0 aliphatic heterocycles. The number of carbonyl (C=O) groups excluding carboxylic acids is 1. The molecule has 0 radical (unpaired) electrons. The third kappa shape index (κ3) is 6.05. The molecule has 0 spiro atoms. The van der Waals surface area contributed by atoms with Crippen LogP contribution in [-0.4, -0.2) is 29.8 Å². The Kier molecular flexibility index (Phi) is 5.56. The SMILES string of the molecule is CC(C)(C)OCC(=O)Nc1ccccc1C#CCO. The number of amides is 1. The van der Waals surface area contributed by atoms with Gasteiger partial charge in [0.1, 0.15) is 13.2 Å². The summed E-state index contributed by atoms with van der Waals surface area (Å²) >= 11 is 0. The van der Waals surface area contributed by atoms with Gasteiger partial charge in [0.05, 0.1) is 11.3 Å². The van der Waals surface area contributed by atoms with Gasteiger partial charge in [-0.2, -0.15) is 0 Å². The minimum atomic E-state index is -0.354. The third-order valence-corrected chi connectivity index (χ3v) is 2.14. The number of ether oxygens (including phenoxy) is 1. The van der Waals surface area contributed by atoms with E-state index in [0.29, 0.717) is 11.3 Å². The first-order valence-corrected chi connectivity index (χ1v) is 6.05. The van der Waals surface area contributed by atoms with Gasteiger partial charge in [0.15, 0.2) is 0 Å². The molecule has 4 heteroatoms. The van der Waals surface area contributed by atoms with Crippen LogP contribution in [0.4, 0.5) is 5.69 Å². The molecule has 0 aliphatic rings. The molecule has 4 nitrogen and oxygen atoms in total. The average molecular weight is 261 g/mol. The summed E-state index contributed by atoms with van der Waals surface area (Å²) in [7, 11) is 0. The van der Waals surface area contributed by atoms with Crippen LogP contribution >= 0.6 is 0 Å². The number of aliphatic hydroxyl groups excluding tert-OH is 1. The van der Waals surface area contributed by atoms with Gasteiger partial charge < -0.3 is 15.2 Å². The van der Waals surface area contributed by atoms with E-state index >= 15 is 0 Å². The maximum atomic E-state index is 11.8. The largest absolute Gasteiger partial charge is 0.384 e. The highest BCUT2D eigenvalue weighted by Gasteiger charge is 2.13. The van der Waals surface area contributed by atoms with Crippen molar-refractivity contribution in [3.8, 4) is 11.8 Å². The molecule has 0 saturated carbocycles. The number of hydrogen-bond acceptors (Lipinski definition) is 3. The number of carbonyl (C=O) groups is 1. The van der Waals surface area contributed by atoms with Crippen LogP contribution in [-0.2, 0) is 9.53 Å². The van der Waals surface area contributed by atoms with Crippen LogP contribution in [0.15, 0.2) is 24.3 Å². The van der Waals surface area contributed by atoms with E-state index in [9.17, 15) is 4.79 Å². The van der Waals surface area contributed by atoms with Crippen LogP contribution in [0.3, 0.4) is 0 Å². The average Bonchev–Trinajstić information content (AvgIpc) is 2.34. The van der Waals surface area contributed by atoms with E-state index in [1.807, 2.05) is 32.9 Å². The monoisotopic (exact) mass is 261 g/mol. The van der Waals surface area contributed by atoms with Gasteiger partial charge in [-0.1, -0.05) is 24.0 Å². The predicted octanol–water partition coefficient (Wildman–Crippen LogP) is 1.78. The highest BCUT2D eigenvalue weighted by atomic mass is 16.5. The van der Waals surface area contributed by atoms with Crippen molar-refractivity contribution in [2.75, 3.05) is 18.5 Å². The Morgan fingerprint density at radius 2 is 2.05 bits per heavy atom. The maximum absolute atomic E-state index is 11.8. The number of nitrogens with one attached hydrogen (secondary N) is 1. The zero-order chi connectivity index (χ0) is 14.3. The second kappa shape index (κ2) is 6.93. The Labute approximate surface area is 113 Å². The van der Waals surface area contributed by atoms with Crippen molar-refractivity contribution in [3.05, 3.63) is 29.8 Å². The van der Waals surface area contributed by atoms with E-state index in [1.54, 1.807) is 12.1 Å². The summed E-state index contributed by atoms with van der Waals surface area (Å²) in [5.41, 5.74) is 0.930. The number of aliphatic hydroxyl groups is 1. The van der Waals surface area contributed by atoms with Crippen molar-refractivity contribution in [2.24, 2.45) is 0 Å². The summed E-state index contributed by atoms with van der Waals surface area (Å²) in [6, 6.07) is 7.17. The van der Waals surface area contributed by atoms with Crippen LogP contribution in [0.5, 0.6) is 0 Å². The van der Waals surface area contributed by atoms with Gasteiger partial charge in [-0.05, 0) is 32.9 Å². The smallest absolute Gasteiger partial charge is 0.250 e. The number of para-hydroxylation sites is 1. The molecule has 0 fully saturated rings. The van der Waals surface area contributed by atoms with E-state index in [1.165, 1.54) is 0 Å². The van der Waals surface area contributed by atoms with Crippen LogP contribution in [0.2, 0.25) is 0 Å².